The zero-order chi connectivity index (χ0) is 14.5. The molecule has 1 N–H and O–H groups in total. The second-order valence-electron chi connectivity index (χ2n) is 6.06. The average Bonchev–Trinajstić information content (AvgIpc) is 2.33. The lowest BCUT2D eigenvalue weighted by molar-refractivity contribution is -0.148. The number of ether oxygens (including phenoxy) is 2. The van der Waals surface area contributed by atoms with Gasteiger partial charge in [-0.25, -0.2) is 4.79 Å². The molecule has 110 valence electrons. The topological polar surface area (TPSA) is 64.6 Å². The van der Waals surface area contributed by atoms with Crippen molar-refractivity contribution in [3.63, 3.8) is 0 Å². The zero-order valence-electron chi connectivity index (χ0n) is 12.3. The maximum absolute atomic E-state index is 11.7. The molecule has 0 saturated heterocycles. The Balaban J connectivity index is 2.45. The Morgan fingerprint density at radius 2 is 1.84 bits per heavy atom. The predicted octanol–water partition coefficient (Wildman–Crippen LogP) is 2.49. The van der Waals surface area contributed by atoms with Gasteiger partial charge in [-0.05, 0) is 39.5 Å². The highest BCUT2D eigenvalue weighted by molar-refractivity contribution is 5.73. The van der Waals surface area contributed by atoms with Crippen molar-refractivity contribution >= 4 is 12.1 Å². The minimum absolute atomic E-state index is 0.103. The van der Waals surface area contributed by atoms with Crippen LogP contribution in [0.1, 0.15) is 46.5 Å². The lowest BCUT2D eigenvalue weighted by atomic mass is 9.79. The summed E-state index contributed by atoms with van der Waals surface area (Å²) in [5.74, 6) is -0.127. The van der Waals surface area contributed by atoms with E-state index < -0.39 is 11.7 Å². The fourth-order valence-corrected chi connectivity index (χ4v) is 2.44. The highest BCUT2D eigenvalue weighted by Gasteiger charge is 2.32. The molecule has 1 aliphatic carbocycles. The Hall–Kier alpha value is -1.26. The molecular weight excluding hydrogens is 246 g/mol. The van der Waals surface area contributed by atoms with Crippen molar-refractivity contribution in [2.45, 2.75) is 52.1 Å². The van der Waals surface area contributed by atoms with E-state index in [9.17, 15) is 9.59 Å². The van der Waals surface area contributed by atoms with Crippen LogP contribution in [-0.4, -0.2) is 31.3 Å². The number of hydrogen-bond donors (Lipinski definition) is 1. The molecule has 0 aliphatic heterocycles. The van der Waals surface area contributed by atoms with Gasteiger partial charge in [-0.2, -0.15) is 0 Å². The van der Waals surface area contributed by atoms with Crippen LogP contribution in [0.2, 0.25) is 0 Å². The largest absolute Gasteiger partial charge is 0.469 e. The van der Waals surface area contributed by atoms with Crippen molar-refractivity contribution in [3.05, 3.63) is 0 Å². The molecule has 5 nitrogen and oxygen atoms in total. The molecule has 2 atom stereocenters. The molecule has 0 heterocycles. The first-order valence-electron chi connectivity index (χ1n) is 6.88. The summed E-state index contributed by atoms with van der Waals surface area (Å²) in [6.45, 7) is 5.94. The van der Waals surface area contributed by atoms with Crippen molar-refractivity contribution in [1.29, 1.82) is 0 Å². The molecule has 19 heavy (non-hydrogen) atoms. The molecule has 0 unspecified atom stereocenters. The molecule has 0 aromatic rings. The fourth-order valence-electron chi connectivity index (χ4n) is 2.44. The van der Waals surface area contributed by atoms with Gasteiger partial charge < -0.3 is 14.8 Å². The van der Waals surface area contributed by atoms with Gasteiger partial charge in [0.25, 0.3) is 0 Å². The van der Waals surface area contributed by atoms with E-state index in [1.165, 1.54) is 7.11 Å². The van der Waals surface area contributed by atoms with E-state index in [-0.39, 0.29) is 17.8 Å². The normalized spacial score (nSPS) is 23.6. The first kappa shape index (κ1) is 15.8. The number of esters is 1. The second kappa shape index (κ2) is 6.78. The summed E-state index contributed by atoms with van der Waals surface area (Å²) in [5.41, 5.74) is -0.502. The highest BCUT2D eigenvalue weighted by atomic mass is 16.6. The Labute approximate surface area is 115 Å². The van der Waals surface area contributed by atoms with Crippen LogP contribution in [0.5, 0.6) is 0 Å². The summed E-state index contributed by atoms with van der Waals surface area (Å²) < 4.78 is 10.0. The first-order valence-corrected chi connectivity index (χ1v) is 6.88. The minimum Gasteiger partial charge on any atom is -0.469 e. The molecule has 5 heteroatoms. The molecule has 0 aromatic heterocycles. The second-order valence-corrected chi connectivity index (χ2v) is 6.06. The van der Waals surface area contributed by atoms with E-state index in [0.717, 1.165) is 25.7 Å². The molecule has 0 aromatic carbocycles. The molecular formula is C14H25NO4. The van der Waals surface area contributed by atoms with Gasteiger partial charge in [0, 0.05) is 6.54 Å². The third-order valence-corrected chi connectivity index (χ3v) is 3.32. The zero-order valence-corrected chi connectivity index (χ0v) is 12.3. The number of rotatable bonds is 3. The van der Waals surface area contributed by atoms with Crippen LogP contribution in [0, 0.1) is 11.8 Å². The number of methoxy groups -OCH3 is 1. The number of nitrogens with one attached hydrogen (secondary N) is 1. The van der Waals surface area contributed by atoms with E-state index in [2.05, 4.69) is 5.32 Å². The predicted molar refractivity (Wildman–Crippen MR) is 71.7 cm³/mol. The Morgan fingerprint density at radius 3 is 2.42 bits per heavy atom. The van der Waals surface area contributed by atoms with Gasteiger partial charge in [-0.1, -0.05) is 12.8 Å². The Kier molecular flexibility index (Phi) is 5.63. The maximum Gasteiger partial charge on any atom is 0.407 e. The van der Waals surface area contributed by atoms with Gasteiger partial charge in [-0.3, -0.25) is 4.79 Å². The number of amides is 1. The van der Waals surface area contributed by atoms with E-state index in [4.69, 9.17) is 9.47 Å². The van der Waals surface area contributed by atoms with E-state index in [0.29, 0.717) is 6.54 Å². The van der Waals surface area contributed by atoms with Crippen LogP contribution >= 0.6 is 0 Å². The van der Waals surface area contributed by atoms with Gasteiger partial charge in [0.2, 0.25) is 0 Å². The standard InChI is InChI=1S/C14H25NO4/c1-14(2,3)19-13(17)15-9-10-7-5-6-8-11(10)12(16)18-4/h10-11H,5-9H2,1-4H3,(H,15,17)/t10-,11-/m0/s1. The van der Waals surface area contributed by atoms with Crippen LogP contribution in [0.4, 0.5) is 4.79 Å². The Morgan fingerprint density at radius 1 is 1.21 bits per heavy atom. The van der Waals surface area contributed by atoms with Crippen LogP contribution in [-0.2, 0) is 14.3 Å². The molecule has 1 aliphatic rings. The van der Waals surface area contributed by atoms with Gasteiger partial charge >= 0.3 is 12.1 Å². The van der Waals surface area contributed by atoms with Crippen molar-refractivity contribution < 1.29 is 19.1 Å². The number of carbonyl (C=O) groups excluding carboxylic acids is 2. The van der Waals surface area contributed by atoms with Crippen LogP contribution in [0.3, 0.4) is 0 Å². The molecule has 0 radical (unpaired) electrons. The molecule has 1 amide bonds. The monoisotopic (exact) mass is 271 g/mol. The minimum atomic E-state index is -0.502. The summed E-state index contributed by atoms with van der Waals surface area (Å²) in [4.78, 5) is 23.3. The molecule has 0 spiro atoms. The van der Waals surface area contributed by atoms with Gasteiger partial charge in [-0.15, -0.1) is 0 Å². The van der Waals surface area contributed by atoms with Crippen LogP contribution in [0.15, 0.2) is 0 Å². The third kappa shape index (κ3) is 5.49. The van der Waals surface area contributed by atoms with E-state index in [1.54, 1.807) is 0 Å². The van der Waals surface area contributed by atoms with Crippen molar-refractivity contribution in [1.82, 2.24) is 5.32 Å². The van der Waals surface area contributed by atoms with Crippen molar-refractivity contribution in [3.8, 4) is 0 Å². The van der Waals surface area contributed by atoms with Crippen LogP contribution < -0.4 is 5.32 Å². The fraction of sp³-hybridized carbons (Fsp3) is 0.857. The first-order chi connectivity index (χ1) is 8.83. The van der Waals surface area contributed by atoms with Gasteiger partial charge in [0.1, 0.15) is 5.60 Å². The molecule has 0 bridgehead atoms. The molecule has 1 rings (SSSR count). The van der Waals surface area contributed by atoms with E-state index in [1.807, 2.05) is 20.8 Å². The summed E-state index contributed by atoms with van der Waals surface area (Å²) in [7, 11) is 1.41. The summed E-state index contributed by atoms with van der Waals surface area (Å²) in [6, 6.07) is 0. The molecule has 1 fully saturated rings. The lowest BCUT2D eigenvalue weighted by Crippen LogP contribution is -2.39. The quantitative estimate of drug-likeness (QED) is 0.801. The lowest BCUT2D eigenvalue weighted by Gasteiger charge is -2.30. The van der Waals surface area contributed by atoms with E-state index >= 15 is 0 Å². The highest BCUT2D eigenvalue weighted by Crippen LogP contribution is 2.30. The van der Waals surface area contributed by atoms with Crippen molar-refractivity contribution in [2.75, 3.05) is 13.7 Å². The maximum atomic E-state index is 11.7. The van der Waals surface area contributed by atoms with Gasteiger partial charge in [0.05, 0.1) is 13.0 Å². The number of alkyl carbamates (subject to hydrolysis) is 1. The number of hydrogen-bond acceptors (Lipinski definition) is 4. The molecule has 1 saturated carbocycles. The summed E-state index contributed by atoms with van der Waals surface area (Å²) in [6.07, 6.45) is 3.49. The SMILES string of the molecule is COC(=O)[C@H]1CCCC[C@H]1CNC(=O)OC(C)(C)C. The Bertz CT molecular complexity index is 322. The third-order valence-electron chi connectivity index (χ3n) is 3.32. The average molecular weight is 271 g/mol. The van der Waals surface area contributed by atoms with Gasteiger partial charge in [0.15, 0.2) is 0 Å². The summed E-state index contributed by atoms with van der Waals surface area (Å²) in [5, 5.41) is 2.75. The van der Waals surface area contributed by atoms with Crippen LogP contribution in [0.25, 0.3) is 0 Å². The number of carbonyl (C=O) groups is 2. The smallest absolute Gasteiger partial charge is 0.407 e. The van der Waals surface area contributed by atoms with Crippen molar-refractivity contribution in [2.24, 2.45) is 11.8 Å². The summed E-state index contributed by atoms with van der Waals surface area (Å²) >= 11 is 0.